The number of carbonyl (C=O) groups excluding carboxylic acids is 1. The van der Waals surface area contributed by atoms with Gasteiger partial charge in [0.2, 0.25) is 5.76 Å². The van der Waals surface area contributed by atoms with Crippen molar-refractivity contribution in [1.29, 1.82) is 0 Å². The second-order valence-corrected chi connectivity index (χ2v) is 4.60. The summed E-state index contributed by atoms with van der Waals surface area (Å²) < 4.78 is 4.91. The van der Waals surface area contributed by atoms with E-state index in [0.717, 1.165) is 11.1 Å². The number of hydrogen-bond donors (Lipinski definition) is 1. The minimum absolute atomic E-state index is 0.201. The Morgan fingerprint density at radius 1 is 0.905 bits per heavy atom. The Hall–Kier alpha value is -2.88. The van der Waals surface area contributed by atoms with Crippen molar-refractivity contribution >= 4 is 5.91 Å². The lowest BCUT2D eigenvalue weighted by Crippen LogP contribution is -2.29. The molecule has 0 atom stereocenters. The Labute approximate surface area is 122 Å². The number of nitrogens with one attached hydrogen (secondary N) is 1. The summed E-state index contributed by atoms with van der Waals surface area (Å²) in [4.78, 5) is 12.2. The largest absolute Gasteiger partial charge is 0.351 e. The molecule has 104 valence electrons. The molecule has 0 aliphatic carbocycles. The molecule has 3 aromatic rings. The van der Waals surface area contributed by atoms with Crippen LogP contribution in [0.2, 0.25) is 0 Å². The second kappa shape index (κ2) is 6.05. The van der Waals surface area contributed by atoms with Crippen molar-refractivity contribution in [2.75, 3.05) is 0 Å². The molecule has 21 heavy (non-hydrogen) atoms. The number of hydrogen-bond acceptors (Lipinski definition) is 3. The molecule has 0 fully saturated rings. The number of rotatable bonds is 4. The van der Waals surface area contributed by atoms with Gasteiger partial charge in [-0.1, -0.05) is 65.8 Å². The van der Waals surface area contributed by atoms with Crippen molar-refractivity contribution in [3.05, 3.63) is 89.8 Å². The van der Waals surface area contributed by atoms with Gasteiger partial charge in [0.15, 0.2) is 0 Å². The molecule has 0 bridgehead atoms. The maximum Gasteiger partial charge on any atom is 0.290 e. The minimum Gasteiger partial charge on any atom is -0.351 e. The molecule has 1 aromatic heterocycles. The summed E-state index contributed by atoms with van der Waals surface area (Å²) in [7, 11) is 0. The molecule has 3 rings (SSSR count). The molecule has 0 unspecified atom stereocenters. The smallest absolute Gasteiger partial charge is 0.290 e. The maximum atomic E-state index is 12.2. The summed E-state index contributed by atoms with van der Waals surface area (Å²) in [6.07, 6.45) is 1.45. The van der Waals surface area contributed by atoms with Crippen molar-refractivity contribution in [3.8, 4) is 0 Å². The lowest BCUT2D eigenvalue weighted by atomic mass is 9.98. The Morgan fingerprint density at radius 3 is 1.95 bits per heavy atom. The van der Waals surface area contributed by atoms with Crippen LogP contribution < -0.4 is 5.32 Å². The Kier molecular flexibility index (Phi) is 3.78. The molecule has 1 heterocycles. The fraction of sp³-hybridized carbons (Fsp3) is 0.0588. The zero-order chi connectivity index (χ0) is 14.5. The zero-order valence-corrected chi connectivity index (χ0v) is 11.3. The first-order valence-corrected chi connectivity index (χ1v) is 6.66. The van der Waals surface area contributed by atoms with Crippen LogP contribution in [0.3, 0.4) is 0 Å². The van der Waals surface area contributed by atoms with Crippen molar-refractivity contribution in [1.82, 2.24) is 10.5 Å². The van der Waals surface area contributed by atoms with E-state index in [4.69, 9.17) is 4.52 Å². The van der Waals surface area contributed by atoms with E-state index in [1.54, 1.807) is 6.07 Å². The topological polar surface area (TPSA) is 55.1 Å². The number of aromatic nitrogens is 1. The molecule has 0 radical (unpaired) electrons. The number of benzene rings is 2. The fourth-order valence-corrected chi connectivity index (χ4v) is 2.19. The highest BCUT2D eigenvalue weighted by atomic mass is 16.5. The third kappa shape index (κ3) is 3.00. The first-order chi connectivity index (χ1) is 10.3. The zero-order valence-electron chi connectivity index (χ0n) is 11.3. The molecule has 1 amide bonds. The van der Waals surface area contributed by atoms with Gasteiger partial charge in [0, 0.05) is 6.07 Å². The molecule has 4 heteroatoms. The van der Waals surface area contributed by atoms with E-state index in [0.29, 0.717) is 0 Å². The lowest BCUT2D eigenvalue weighted by Gasteiger charge is -2.19. The molecular weight excluding hydrogens is 264 g/mol. The SMILES string of the molecule is O=C(NC(c1ccccc1)c1ccccc1)c1ccno1. The lowest BCUT2D eigenvalue weighted by molar-refractivity contribution is 0.0906. The quantitative estimate of drug-likeness (QED) is 0.797. The Bertz CT molecular complexity index is 655. The minimum atomic E-state index is -0.287. The standard InChI is InChI=1S/C17H14N2O2/c20-17(15-11-12-18-21-15)19-16(13-7-3-1-4-8-13)14-9-5-2-6-10-14/h1-12,16H,(H,19,20). The van der Waals surface area contributed by atoms with E-state index in [1.165, 1.54) is 6.20 Å². The molecule has 0 aliphatic heterocycles. The normalized spacial score (nSPS) is 10.5. The number of carbonyl (C=O) groups is 1. The summed E-state index contributed by atoms with van der Waals surface area (Å²) >= 11 is 0. The van der Waals surface area contributed by atoms with Gasteiger partial charge >= 0.3 is 0 Å². The summed E-state index contributed by atoms with van der Waals surface area (Å²) in [5, 5.41) is 6.54. The van der Waals surface area contributed by atoms with Gasteiger partial charge in [-0.3, -0.25) is 4.79 Å². The number of nitrogens with zero attached hydrogens (tertiary/aromatic N) is 1. The second-order valence-electron chi connectivity index (χ2n) is 4.60. The highest BCUT2D eigenvalue weighted by Crippen LogP contribution is 2.22. The van der Waals surface area contributed by atoms with Gasteiger partial charge in [-0.05, 0) is 11.1 Å². The van der Waals surface area contributed by atoms with Gasteiger partial charge in [-0.25, -0.2) is 0 Å². The van der Waals surface area contributed by atoms with Gasteiger partial charge in [-0.15, -0.1) is 0 Å². The van der Waals surface area contributed by atoms with Crippen LogP contribution in [0.25, 0.3) is 0 Å². The van der Waals surface area contributed by atoms with Gasteiger partial charge in [0.1, 0.15) is 0 Å². The van der Waals surface area contributed by atoms with Crippen LogP contribution >= 0.6 is 0 Å². The predicted molar refractivity (Wildman–Crippen MR) is 78.7 cm³/mol. The van der Waals surface area contributed by atoms with Crippen LogP contribution in [-0.2, 0) is 0 Å². The third-order valence-corrected chi connectivity index (χ3v) is 3.20. The molecule has 0 aliphatic rings. The fourth-order valence-electron chi connectivity index (χ4n) is 2.19. The van der Waals surface area contributed by atoms with Crippen LogP contribution in [0.15, 0.2) is 77.4 Å². The van der Waals surface area contributed by atoms with Crippen LogP contribution in [0, 0.1) is 0 Å². The van der Waals surface area contributed by atoms with E-state index in [1.807, 2.05) is 60.7 Å². The van der Waals surface area contributed by atoms with Crippen molar-refractivity contribution in [2.45, 2.75) is 6.04 Å². The first kappa shape index (κ1) is 13.1. The first-order valence-electron chi connectivity index (χ1n) is 6.66. The highest BCUT2D eigenvalue weighted by molar-refractivity contribution is 5.91. The third-order valence-electron chi connectivity index (χ3n) is 3.20. The maximum absolute atomic E-state index is 12.2. The molecule has 0 spiro atoms. The molecule has 2 aromatic carbocycles. The van der Waals surface area contributed by atoms with Crippen molar-refractivity contribution in [2.24, 2.45) is 0 Å². The molecular formula is C17H14N2O2. The van der Waals surface area contributed by atoms with Crippen molar-refractivity contribution in [3.63, 3.8) is 0 Å². The van der Waals surface area contributed by atoms with Crippen LogP contribution in [0.1, 0.15) is 27.7 Å². The summed E-state index contributed by atoms with van der Waals surface area (Å²) in [5.41, 5.74) is 2.02. The van der Waals surface area contributed by atoms with Crippen LogP contribution in [0.5, 0.6) is 0 Å². The summed E-state index contributed by atoms with van der Waals surface area (Å²) in [6, 6.07) is 20.9. The summed E-state index contributed by atoms with van der Waals surface area (Å²) in [6.45, 7) is 0. The Balaban J connectivity index is 1.92. The average molecular weight is 278 g/mol. The van der Waals surface area contributed by atoms with E-state index in [-0.39, 0.29) is 17.7 Å². The average Bonchev–Trinajstić information content (AvgIpc) is 3.09. The van der Waals surface area contributed by atoms with Gasteiger partial charge < -0.3 is 9.84 Å². The van der Waals surface area contributed by atoms with Gasteiger partial charge in [0.05, 0.1) is 12.2 Å². The Morgan fingerprint density at radius 2 is 1.48 bits per heavy atom. The summed E-state index contributed by atoms with van der Waals surface area (Å²) in [5.74, 6) is -0.0860. The van der Waals surface area contributed by atoms with Crippen molar-refractivity contribution < 1.29 is 9.32 Å². The molecule has 0 saturated carbocycles. The van der Waals surface area contributed by atoms with Gasteiger partial charge in [-0.2, -0.15) is 0 Å². The van der Waals surface area contributed by atoms with Gasteiger partial charge in [0.25, 0.3) is 5.91 Å². The molecule has 1 N–H and O–H groups in total. The van der Waals surface area contributed by atoms with Crippen LogP contribution in [0.4, 0.5) is 0 Å². The van der Waals surface area contributed by atoms with Crippen LogP contribution in [-0.4, -0.2) is 11.1 Å². The number of amides is 1. The molecule has 4 nitrogen and oxygen atoms in total. The monoisotopic (exact) mass is 278 g/mol. The highest BCUT2D eigenvalue weighted by Gasteiger charge is 2.19. The van der Waals surface area contributed by atoms with E-state index in [2.05, 4.69) is 10.5 Å². The predicted octanol–water partition coefficient (Wildman–Crippen LogP) is 3.19. The molecule has 0 saturated heterocycles. The van der Waals surface area contributed by atoms with E-state index in [9.17, 15) is 4.79 Å². The van der Waals surface area contributed by atoms with E-state index < -0.39 is 0 Å². The van der Waals surface area contributed by atoms with E-state index >= 15 is 0 Å².